The first-order chi connectivity index (χ1) is 10.7. The van der Waals surface area contributed by atoms with Crippen LogP contribution in [0.1, 0.15) is 17.7 Å². The van der Waals surface area contributed by atoms with Gasteiger partial charge in [0.1, 0.15) is 6.10 Å². The second-order valence-electron chi connectivity index (χ2n) is 5.87. The zero-order valence-electron chi connectivity index (χ0n) is 12.5. The number of thiophene rings is 1. The highest BCUT2D eigenvalue weighted by atomic mass is 35.5. The van der Waals surface area contributed by atoms with E-state index in [0.717, 1.165) is 49.9 Å². The fraction of sp³-hybridized carbons (Fsp3) is 0.667. The topological polar surface area (TPSA) is 58.8 Å². The van der Waals surface area contributed by atoms with Crippen molar-refractivity contribution in [2.45, 2.75) is 31.6 Å². The normalized spacial score (nSPS) is 26.5. The number of nitrogens with two attached hydrogens (primary N) is 1. The average Bonchev–Trinajstić information content (AvgIpc) is 3.16. The third kappa shape index (κ3) is 3.81. The van der Waals surface area contributed by atoms with Gasteiger partial charge in [0, 0.05) is 44.1 Å². The van der Waals surface area contributed by atoms with Gasteiger partial charge in [-0.15, -0.1) is 11.3 Å². The molecule has 0 unspecified atom stereocenters. The van der Waals surface area contributed by atoms with Crippen LogP contribution in [0.25, 0.3) is 0 Å². The number of ether oxygens (including phenoxy) is 1. The Morgan fingerprint density at radius 1 is 1.32 bits per heavy atom. The van der Waals surface area contributed by atoms with E-state index >= 15 is 0 Å². The van der Waals surface area contributed by atoms with Crippen molar-refractivity contribution in [2.24, 2.45) is 5.73 Å². The van der Waals surface area contributed by atoms with Crippen LogP contribution < -0.4 is 5.73 Å². The fourth-order valence-corrected chi connectivity index (χ4v) is 4.18. The van der Waals surface area contributed by atoms with E-state index in [-0.39, 0.29) is 18.1 Å². The minimum Gasteiger partial charge on any atom is -0.364 e. The first kappa shape index (κ1) is 16.2. The number of nitrogens with zero attached hydrogens (tertiary/aromatic N) is 2. The highest BCUT2D eigenvalue weighted by Gasteiger charge is 2.34. The van der Waals surface area contributed by atoms with Crippen molar-refractivity contribution in [1.82, 2.24) is 9.80 Å². The molecule has 0 saturated carbocycles. The lowest BCUT2D eigenvalue weighted by atomic mass is 10.1. The van der Waals surface area contributed by atoms with Gasteiger partial charge in [-0.2, -0.15) is 0 Å². The molecular weight excluding hydrogens is 322 g/mol. The van der Waals surface area contributed by atoms with E-state index in [9.17, 15) is 4.79 Å². The number of piperazine rings is 1. The van der Waals surface area contributed by atoms with E-state index in [0.29, 0.717) is 6.54 Å². The lowest BCUT2D eigenvalue weighted by Gasteiger charge is -2.35. The predicted octanol–water partition coefficient (Wildman–Crippen LogP) is 1.55. The molecule has 0 spiro atoms. The number of hydrogen-bond acceptors (Lipinski definition) is 5. The lowest BCUT2D eigenvalue weighted by molar-refractivity contribution is -0.144. The van der Waals surface area contributed by atoms with Crippen LogP contribution in [-0.2, 0) is 16.1 Å². The van der Waals surface area contributed by atoms with Crippen LogP contribution in [0.2, 0.25) is 4.34 Å². The van der Waals surface area contributed by atoms with Crippen molar-refractivity contribution in [3.63, 3.8) is 0 Å². The summed E-state index contributed by atoms with van der Waals surface area (Å²) in [6.45, 7) is 4.74. The molecule has 22 heavy (non-hydrogen) atoms. The standard InChI is InChI=1S/C15H22ClN3O2S/c16-14-4-2-12(22-14)10-18-5-7-19(8-6-18)15(20)13-3-1-11(9-17)21-13/h2,4,11,13H,1,3,5-10,17H2/t11-,13+/m1/s1. The number of rotatable bonds is 4. The van der Waals surface area contributed by atoms with E-state index in [4.69, 9.17) is 22.1 Å². The fourth-order valence-electron chi connectivity index (χ4n) is 3.05. The maximum absolute atomic E-state index is 12.5. The largest absolute Gasteiger partial charge is 0.364 e. The van der Waals surface area contributed by atoms with Gasteiger partial charge >= 0.3 is 0 Å². The van der Waals surface area contributed by atoms with Crippen molar-refractivity contribution < 1.29 is 9.53 Å². The smallest absolute Gasteiger partial charge is 0.251 e. The number of amides is 1. The molecule has 1 amide bonds. The third-order valence-corrected chi connectivity index (χ3v) is 5.55. The number of carbonyl (C=O) groups excluding carboxylic acids is 1. The van der Waals surface area contributed by atoms with Crippen LogP contribution in [0.5, 0.6) is 0 Å². The second-order valence-corrected chi connectivity index (χ2v) is 7.67. The van der Waals surface area contributed by atoms with Crippen LogP contribution in [-0.4, -0.2) is 60.6 Å². The molecule has 0 radical (unpaired) electrons. The Balaban J connectivity index is 1.46. The van der Waals surface area contributed by atoms with Gasteiger partial charge in [0.05, 0.1) is 10.4 Å². The van der Waals surface area contributed by atoms with Gasteiger partial charge in [0.2, 0.25) is 0 Å². The minimum absolute atomic E-state index is 0.0545. The molecule has 2 atom stereocenters. The Bertz CT molecular complexity index is 517. The van der Waals surface area contributed by atoms with Crippen LogP contribution in [0.15, 0.2) is 12.1 Å². The monoisotopic (exact) mass is 343 g/mol. The Hall–Kier alpha value is -0.660. The molecule has 2 N–H and O–H groups in total. The summed E-state index contributed by atoms with van der Waals surface area (Å²) in [7, 11) is 0. The summed E-state index contributed by atoms with van der Waals surface area (Å²) in [6.07, 6.45) is 1.47. The number of carbonyl (C=O) groups is 1. The van der Waals surface area contributed by atoms with E-state index < -0.39 is 0 Å². The lowest BCUT2D eigenvalue weighted by Crippen LogP contribution is -2.51. The highest BCUT2D eigenvalue weighted by molar-refractivity contribution is 7.16. The van der Waals surface area contributed by atoms with Gasteiger partial charge in [-0.1, -0.05) is 11.6 Å². The van der Waals surface area contributed by atoms with Crippen LogP contribution in [0.3, 0.4) is 0 Å². The molecule has 2 saturated heterocycles. The molecule has 2 aliphatic heterocycles. The number of hydrogen-bond donors (Lipinski definition) is 1. The molecule has 2 fully saturated rings. The van der Waals surface area contributed by atoms with E-state index in [1.54, 1.807) is 11.3 Å². The minimum atomic E-state index is -0.281. The quantitative estimate of drug-likeness (QED) is 0.901. The van der Waals surface area contributed by atoms with Crippen molar-refractivity contribution in [3.05, 3.63) is 21.3 Å². The molecule has 2 aliphatic rings. The van der Waals surface area contributed by atoms with Gasteiger partial charge in [-0.25, -0.2) is 0 Å². The summed E-state index contributed by atoms with van der Waals surface area (Å²) in [5, 5.41) is 0. The van der Waals surface area contributed by atoms with Crippen LogP contribution in [0, 0.1) is 0 Å². The summed E-state index contributed by atoms with van der Waals surface area (Å²) in [5.41, 5.74) is 5.60. The molecular formula is C15H22ClN3O2S. The molecule has 1 aromatic heterocycles. The molecule has 3 rings (SSSR count). The Kier molecular flexibility index (Phi) is 5.36. The van der Waals surface area contributed by atoms with Gasteiger partial charge < -0.3 is 15.4 Å². The van der Waals surface area contributed by atoms with E-state index in [2.05, 4.69) is 11.0 Å². The summed E-state index contributed by atoms with van der Waals surface area (Å²) in [6, 6.07) is 4.01. The first-order valence-corrected chi connectivity index (χ1v) is 8.96. The van der Waals surface area contributed by atoms with Crippen LogP contribution in [0.4, 0.5) is 0 Å². The molecule has 0 bridgehead atoms. The summed E-state index contributed by atoms with van der Waals surface area (Å²) in [5.74, 6) is 0.134. The van der Waals surface area contributed by atoms with E-state index in [1.807, 2.05) is 11.0 Å². The van der Waals surface area contributed by atoms with Gasteiger partial charge in [0.15, 0.2) is 0 Å². The molecule has 3 heterocycles. The molecule has 0 aromatic carbocycles. The van der Waals surface area contributed by atoms with Gasteiger partial charge in [-0.05, 0) is 25.0 Å². The molecule has 5 nitrogen and oxygen atoms in total. The zero-order chi connectivity index (χ0) is 15.5. The molecule has 7 heteroatoms. The van der Waals surface area contributed by atoms with Gasteiger partial charge in [-0.3, -0.25) is 9.69 Å². The molecule has 0 aliphatic carbocycles. The van der Waals surface area contributed by atoms with E-state index in [1.165, 1.54) is 4.88 Å². The maximum Gasteiger partial charge on any atom is 0.251 e. The Morgan fingerprint density at radius 3 is 2.68 bits per heavy atom. The zero-order valence-corrected chi connectivity index (χ0v) is 14.1. The summed E-state index contributed by atoms with van der Waals surface area (Å²) >= 11 is 7.59. The highest BCUT2D eigenvalue weighted by Crippen LogP contribution is 2.24. The van der Waals surface area contributed by atoms with Crippen molar-refractivity contribution in [2.75, 3.05) is 32.7 Å². The van der Waals surface area contributed by atoms with Gasteiger partial charge in [0.25, 0.3) is 5.91 Å². The molecule has 1 aromatic rings. The summed E-state index contributed by atoms with van der Waals surface area (Å²) in [4.78, 5) is 18.0. The van der Waals surface area contributed by atoms with Crippen molar-refractivity contribution in [1.29, 1.82) is 0 Å². The second kappa shape index (κ2) is 7.27. The number of halogens is 1. The Labute approximate surface area is 140 Å². The SMILES string of the molecule is NC[C@H]1CC[C@@H](C(=O)N2CCN(Cc3ccc(Cl)s3)CC2)O1. The average molecular weight is 344 g/mol. The summed E-state index contributed by atoms with van der Waals surface area (Å²) < 4.78 is 6.54. The van der Waals surface area contributed by atoms with Crippen LogP contribution >= 0.6 is 22.9 Å². The van der Waals surface area contributed by atoms with Crippen molar-refractivity contribution >= 4 is 28.8 Å². The molecule has 122 valence electrons. The third-order valence-electron chi connectivity index (χ3n) is 4.34. The maximum atomic E-state index is 12.5. The predicted molar refractivity (Wildman–Crippen MR) is 88.1 cm³/mol. The first-order valence-electron chi connectivity index (χ1n) is 7.76. The Morgan fingerprint density at radius 2 is 2.09 bits per heavy atom. The van der Waals surface area contributed by atoms with Crippen molar-refractivity contribution in [3.8, 4) is 0 Å².